The maximum Gasteiger partial charge on any atom is 0.282 e. The van der Waals surface area contributed by atoms with Crippen LogP contribution in [0.4, 0.5) is 17.1 Å². The fourth-order valence-electron chi connectivity index (χ4n) is 2.01. The number of nitrogens with zero attached hydrogens (tertiary/aromatic N) is 3. The Hall–Kier alpha value is -3.49. The number of hydrogen-bond donors (Lipinski definition) is 0. The molecule has 2 aromatic rings. The summed E-state index contributed by atoms with van der Waals surface area (Å²) in [5.74, 6) is 0.713. The first kappa shape index (κ1) is 14.4. The molecule has 0 amide bonds. The minimum Gasteiger partial charge on any atom is -0.454 e. The Morgan fingerprint density at radius 3 is 2.26 bits per heavy atom. The average Bonchev–Trinajstić information content (AvgIpc) is 2.99. The number of aliphatic imine (C=N–C) groups is 1. The number of hydrogen-bond acceptors (Lipinski definition) is 7. The second kappa shape index (κ2) is 5.72. The third-order valence-corrected chi connectivity index (χ3v) is 3.13. The first-order valence-electron chi connectivity index (χ1n) is 6.41. The average molecular weight is 315 g/mol. The van der Waals surface area contributed by atoms with Crippen LogP contribution in [-0.4, -0.2) is 22.9 Å². The van der Waals surface area contributed by atoms with Gasteiger partial charge in [0, 0.05) is 18.3 Å². The molecule has 0 saturated carbocycles. The summed E-state index contributed by atoms with van der Waals surface area (Å²) in [5.41, 5.74) is 0.457. The molecule has 1 heterocycles. The number of fused-ring (bicyclic) bond motifs is 1. The normalized spacial score (nSPS) is 12.5. The van der Waals surface area contributed by atoms with Gasteiger partial charge in [0.05, 0.1) is 27.2 Å². The molecule has 116 valence electrons. The minimum absolute atomic E-state index is 0.00936. The molecule has 0 fully saturated rings. The summed E-state index contributed by atoms with van der Waals surface area (Å²) in [6, 6.07) is 8.26. The van der Waals surface area contributed by atoms with Gasteiger partial charge >= 0.3 is 0 Å². The Bertz CT molecular complexity index is 816. The van der Waals surface area contributed by atoms with Crippen LogP contribution < -0.4 is 9.47 Å². The monoisotopic (exact) mass is 315 g/mol. The zero-order valence-electron chi connectivity index (χ0n) is 11.5. The van der Waals surface area contributed by atoms with E-state index in [0.29, 0.717) is 17.2 Å². The van der Waals surface area contributed by atoms with Gasteiger partial charge < -0.3 is 9.47 Å². The molecule has 1 aliphatic heterocycles. The van der Waals surface area contributed by atoms with Gasteiger partial charge in [-0.15, -0.1) is 0 Å². The van der Waals surface area contributed by atoms with Crippen molar-refractivity contribution in [2.45, 2.75) is 0 Å². The summed E-state index contributed by atoms with van der Waals surface area (Å²) in [6.07, 6.45) is 1.31. The van der Waals surface area contributed by atoms with E-state index in [9.17, 15) is 20.2 Å². The molecule has 0 atom stereocenters. The summed E-state index contributed by atoms with van der Waals surface area (Å²) in [7, 11) is 0. The molecule has 9 nitrogen and oxygen atoms in total. The first-order valence-corrected chi connectivity index (χ1v) is 6.41. The highest BCUT2D eigenvalue weighted by atomic mass is 16.7. The van der Waals surface area contributed by atoms with Crippen molar-refractivity contribution in [2.24, 2.45) is 4.99 Å². The molecule has 0 spiro atoms. The molecule has 0 aliphatic carbocycles. The number of ether oxygens (including phenoxy) is 2. The molecule has 0 radical (unpaired) electrons. The highest BCUT2D eigenvalue weighted by Gasteiger charge is 2.22. The zero-order valence-corrected chi connectivity index (χ0v) is 11.5. The second-order valence-corrected chi connectivity index (χ2v) is 4.55. The van der Waals surface area contributed by atoms with E-state index in [1.807, 2.05) is 0 Å². The van der Waals surface area contributed by atoms with Gasteiger partial charge in [0.25, 0.3) is 11.4 Å². The number of benzene rings is 2. The highest BCUT2D eigenvalue weighted by molar-refractivity contribution is 5.88. The molecule has 0 aromatic heterocycles. The lowest BCUT2D eigenvalue weighted by Gasteiger charge is -2.00. The third-order valence-electron chi connectivity index (χ3n) is 3.13. The lowest BCUT2D eigenvalue weighted by Crippen LogP contribution is -1.94. The van der Waals surface area contributed by atoms with Crippen LogP contribution in [0.15, 0.2) is 41.4 Å². The Balaban J connectivity index is 1.92. The Morgan fingerprint density at radius 2 is 1.65 bits per heavy atom. The fraction of sp³-hybridized carbons (Fsp3) is 0.0714. The molecule has 2 aromatic carbocycles. The van der Waals surface area contributed by atoms with Crippen LogP contribution >= 0.6 is 0 Å². The van der Waals surface area contributed by atoms with Gasteiger partial charge in [-0.2, -0.15) is 0 Å². The number of non-ortho nitro benzene ring substituents is 1. The summed E-state index contributed by atoms with van der Waals surface area (Å²) < 4.78 is 10.3. The van der Waals surface area contributed by atoms with Gasteiger partial charge in [-0.05, 0) is 18.2 Å². The largest absolute Gasteiger partial charge is 0.454 e. The van der Waals surface area contributed by atoms with Gasteiger partial charge in [0.1, 0.15) is 0 Å². The smallest absolute Gasteiger partial charge is 0.282 e. The highest BCUT2D eigenvalue weighted by Crippen LogP contribution is 2.37. The standard InChI is InChI=1S/C14H9N3O6/c18-16(19)11-3-1-10(2-4-11)15-7-9-5-13-14(23-8-22-13)6-12(9)17(20)21/h1-7H,8H2. The van der Waals surface area contributed by atoms with Crippen LogP contribution in [0.1, 0.15) is 5.56 Å². The van der Waals surface area contributed by atoms with Crippen molar-refractivity contribution < 1.29 is 19.3 Å². The van der Waals surface area contributed by atoms with Crippen molar-refractivity contribution >= 4 is 23.3 Å². The van der Waals surface area contributed by atoms with E-state index in [2.05, 4.69) is 4.99 Å². The lowest BCUT2D eigenvalue weighted by molar-refractivity contribution is -0.385. The molecule has 0 N–H and O–H groups in total. The topological polar surface area (TPSA) is 117 Å². The van der Waals surface area contributed by atoms with Crippen LogP contribution in [0.3, 0.4) is 0 Å². The van der Waals surface area contributed by atoms with Crippen molar-refractivity contribution in [1.29, 1.82) is 0 Å². The minimum atomic E-state index is -0.543. The van der Waals surface area contributed by atoms with Gasteiger partial charge in [-0.25, -0.2) is 0 Å². The molecule has 23 heavy (non-hydrogen) atoms. The number of nitro benzene ring substituents is 2. The zero-order chi connectivity index (χ0) is 16.4. The van der Waals surface area contributed by atoms with Gasteiger partial charge in [-0.1, -0.05) is 0 Å². The van der Waals surface area contributed by atoms with Crippen molar-refractivity contribution in [3.63, 3.8) is 0 Å². The molecule has 1 aliphatic rings. The number of rotatable bonds is 4. The van der Waals surface area contributed by atoms with Gasteiger partial charge in [0.2, 0.25) is 6.79 Å². The molecule has 0 bridgehead atoms. The van der Waals surface area contributed by atoms with Crippen LogP contribution in [0.2, 0.25) is 0 Å². The molecule has 0 saturated heterocycles. The predicted octanol–water partition coefficient (Wildman–Crippen LogP) is 2.98. The SMILES string of the molecule is O=[N+]([O-])c1ccc(N=Cc2cc3c(cc2[N+](=O)[O-])OCO3)cc1. The molecule has 9 heteroatoms. The Morgan fingerprint density at radius 1 is 1.00 bits per heavy atom. The van der Waals surface area contributed by atoms with Crippen molar-refractivity contribution in [1.82, 2.24) is 0 Å². The second-order valence-electron chi connectivity index (χ2n) is 4.55. The number of nitro groups is 2. The summed E-state index contributed by atoms with van der Waals surface area (Å²) in [6.45, 7) is 0.00936. The van der Waals surface area contributed by atoms with Crippen LogP contribution in [0, 0.1) is 20.2 Å². The van der Waals surface area contributed by atoms with E-state index < -0.39 is 9.85 Å². The summed E-state index contributed by atoms with van der Waals surface area (Å²) in [5, 5.41) is 21.7. The van der Waals surface area contributed by atoms with Crippen molar-refractivity contribution in [2.75, 3.05) is 6.79 Å². The molecule has 0 unspecified atom stereocenters. The predicted molar refractivity (Wildman–Crippen MR) is 79.6 cm³/mol. The quantitative estimate of drug-likeness (QED) is 0.486. The van der Waals surface area contributed by atoms with Gasteiger partial charge in [-0.3, -0.25) is 25.2 Å². The first-order chi connectivity index (χ1) is 11.0. The fourth-order valence-corrected chi connectivity index (χ4v) is 2.01. The Kier molecular flexibility index (Phi) is 3.59. The van der Waals surface area contributed by atoms with E-state index in [4.69, 9.17) is 9.47 Å². The van der Waals surface area contributed by atoms with Crippen LogP contribution in [0.25, 0.3) is 0 Å². The maximum absolute atomic E-state index is 11.1. The van der Waals surface area contributed by atoms with E-state index >= 15 is 0 Å². The van der Waals surface area contributed by atoms with Crippen LogP contribution in [-0.2, 0) is 0 Å². The maximum atomic E-state index is 11.1. The molecular weight excluding hydrogens is 306 g/mol. The van der Waals surface area contributed by atoms with E-state index in [1.54, 1.807) is 0 Å². The van der Waals surface area contributed by atoms with E-state index in [-0.39, 0.29) is 23.7 Å². The van der Waals surface area contributed by atoms with Crippen molar-refractivity contribution in [3.05, 3.63) is 62.2 Å². The third kappa shape index (κ3) is 2.93. The summed E-state index contributed by atoms with van der Waals surface area (Å²) in [4.78, 5) is 24.7. The van der Waals surface area contributed by atoms with Crippen LogP contribution in [0.5, 0.6) is 11.5 Å². The van der Waals surface area contributed by atoms with Gasteiger partial charge in [0.15, 0.2) is 11.5 Å². The Labute approximate surface area is 129 Å². The van der Waals surface area contributed by atoms with Crippen molar-refractivity contribution in [3.8, 4) is 11.5 Å². The molecular formula is C14H9N3O6. The van der Waals surface area contributed by atoms with E-state index in [0.717, 1.165) is 0 Å². The summed E-state index contributed by atoms with van der Waals surface area (Å²) >= 11 is 0. The van der Waals surface area contributed by atoms with E-state index in [1.165, 1.54) is 42.6 Å². The molecule has 3 rings (SSSR count). The lowest BCUT2D eigenvalue weighted by atomic mass is 10.1.